The summed E-state index contributed by atoms with van der Waals surface area (Å²) in [5.74, 6) is 0.708. The van der Waals surface area contributed by atoms with Crippen LogP contribution < -0.4 is 9.64 Å². The molecule has 0 atom stereocenters. The Balaban J connectivity index is 2.23. The zero-order valence-electron chi connectivity index (χ0n) is 11.8. The SMILES string of the molecule is CC1(C)CCCCOc2ccccc2-c2c1no[n+]2[O-]. The number of aromatic nitrogens is 2. The summed E-state index contributed by atoms with van der Waals surface area (Å²) < 4.78 is 10.6. The number of hydrogen-bond acceptors (Lipinski definition) is 4. The van der Waals surface area contributed by atoms with Crippen LogP contribution in [0.5, 0.6) is 5.75 Å². The third kappa shape index (κ3) is 2.13. The van der Waals surface area contributed by atoms with Crippen LogP contribution in [-0.2, 0) is 5.41 Å². The summed E-state index contributed by atoms with van der Waals surface area (Å²) in [7, 11) is 0. The van der Waals surface area contributed by atoms with Crippen molar-refractivity contribution in [2.75, 3.05) is 6.61 Å². The average Bonchev–Trinajstić information content (AvgIpc) is 2.81. The maximum atomic E-state index is 12.0. The lowest BCUT2D eigenvalue weighted by Gasteiger charge is -2.21. The van der Waals surface area contributed by atoms with Gasteiger partial charge in [-0.15, -0.1) is 0 Å². The van der Waals surface area contributed by atoms with E-state index in [2.05, 4.69) is 19.0 Å². The second kappa shape index (κ2) is 4.81. The smallest absolute Gasteiger partial charge is 0.233 e. The predicted octanol–water partition coefficient (Wildman–Crippen LogP) is 2.82. The van der Waals surface area contributed by atoms with E-state index < -0.39 is 0 Å². The number of nitrogens with zero attached hydrogens (tertiary/aromatic N) is 2. The van der Waals surface area contributed by atoms with E-state index in [4.69, 9.17) is 9.37 Å². The molecule has 0 bridgehead atoms. The molecule has 0 radical (unpaired) electrons. The molecule has 0 N–H and O–H groups in total. The van der Waals surface area contributed by atoms with Gasteiger partial charge in [-0.2, -0.15) is 0 Å². The summed E-state index contributed by atoms with van der Waals surface area (Å²) in [6.45, 7) is 4.85. The van der Waals surface area contributed by atoms with Gasteiger partial charge in [0, 0.05) is 10.6 Å². The number of para-hydroxylation sites is 1. The van der Waals surface area contributed by atoms with E-state index in [1.165, 1.54) is 0 Å². The van der Waals surface area contributed by atoms with Crippen LogP contribution in [0.15, 0.2) is 28.9 Å². The lowest BCUT2D eigenvalue weighted by atomic mass is 9.81. The lowest BCUT2D eigenvalue weighted by Crippen LogP contribution is -2.28. The minimum absolute atomic E-state index is 0.195. The first-order chi connectivity index (χ1) is 9.59. The van der Waals surface area contributed by atoms with Crippen molar-refractivity contribution in [3.8, 4) is 17.0 Å². The molecule has 1 aliphatic heterocycles. The van der Waals surface area contributed by atoms with Crippen LogP contribution in [-0.4, -0.2) is 11.8 Å². The van der Waals surface area contributed by atoms with Gasteiger partial charge in [0.05, 0.1) is 12.2 Å². The molecule has 106 valence electrons. The highest BCUT2D eigenvalue weighted by atomic mass is 16.8. The first-order valence-electron chi connectivity index (χ1n) is 6.92. The van der Waals surface area contributed by atoms with E-state index in [1.54, 1.807) is 0 Å². The Hall–Kier alpha value is -2.04. The highest BCUT2D eigenvalue weighted by molar-refractivity contribution is 5.67. The fourth-order valence-electron chi connectivity index (χ4n) is 2.68. The summed E-state index contributed by atoms with van der Waals surface area (Å²) in [5, 5.41) is 16.0. The summed E-state index contributed by atoms with van der Waals surface area (Å²) in [4.78, 5) is 0.487. The van der Waals surface area contributed by atoms with Crippen LogP contribution >= 0.6 is 0 Å². The van der Waals surface area contributed by atoms with E-state index in [0.29, 0.717) is 28.6 Å². The van der Waals surface area contributed by atoms with Gasteiger partial charge < -0.3 is 9.94 Å². The van der Waals surface area contributed by atoms with Crippen LogP contribution in [0.1, 0.15) is 38.8 Å². The Labute approximate surface area is 117 Å². The molecule has 3 rings (SSSR count). The van der Waals surface area contributed by atoms with Crippen LogP contribution in [0.2, 0.25) is 0 Å². The molecule has 2 heterocycles. The molecule has 20 heavy (non-hydrogen) atoms. The average molecular weight is 274 g/mol. The summed E-state index contributed by atoms with van der Waals surface area (Å²) in [5.41, 5.74) is 1.71. The lowest BCUT2D eigenvalue weighted by molar-refractivity contribution is -0.793. The third-order valence-corrected chi connectivity index (χ3v) is 3.85. The topological polar surface area (TPSA) is 62.2 Å². The summed E-state index contributed by atoms with van der Waals surface area (Å²) in [6, 6.07) is 7.54. The Morgan fingerprint density at radius 1 is 1.25 bits per heavy atom. The standard InChI is InChI=1S/C15H18N2O3/c1-15(2)9-5-6-10-19-12-8-4-3-7-11(12)13-14(15)16-20-17(13)18/h3-4,7-8H,5-6,9-10H2,1-2H3. The Kier molecular flexibility index (Phi) is 3.12. The van der Waals surface area contributed by atoms with Gasteiger partial charge in [0.1, 0.15) is 5.75 Å². The van der Waals surface area contributed by atoms with E-state index in [0.717, 1.165) is 24.8 Å². The molecule has 5 heteroatoms. The maximum absolute atomic E-state index is 12.0. The number of rotatable bonds is 0. The highest BCUT2D eigenvalue weighted by Crippen LogP contribution is 2.38. The van der Waals surface area contributed by atoms with E-state index in [1.807, 2.05) is 24.3 Å². The molecule has 0 amide bonds. The van der Waals surface area contributed by atoms with E-state index in [9.17, 15) is 5.21 Å². The monoisotopic (exact) mass is 274 g/mol. The number of benzene rings is 1. The zero-order chi connectivity index (χ0) is 14.2. The van der Waals surface area contributed by atoms with Crippen LogP contribution in [0.4, 0.5) is 0 Å². The second-order valence-corrected chi connectivity index (χ2v) is 5.81. The number of hydrogen-bond donors (Lipinski definition) is 0. The Morgan fingerprint density at radius 3 is 2.90 bits per heavy atom. The van der Waals surface area contributed by atoms with Gasteiger partial charge in [0.15, 0.2) is 0 Å². The van der Waals surface area contributed by atoms with Gasteiger partial charge in [-0.05, 0) is 36.3 Å². The molecule has 1 aromatic carbocycles. The molecule has 0 aliphatic carbocycles. The van der Waals surface area contributed by atoms with E-state index >= 15 is 0 Å². The first kappa shape index (κ1) is 13.0. The Morgan fingerprint density at radius 2 is 2.05 bits per heavy atom. The molecule has 2 aromatic rings. The normalized spacial score (nSPS) is 17.7. The van der Waals surface area contributed by atoms with Gasteiger partial charge in [-0.25, -0.2) is 0 Å². The van der Waals surface area contributed by atoms with Crippen molar-refractivity contribution >= 4 is 0 Å². The van der Waals surface area contributed by atoms with Crippen LogP contribution in [0.3, 0.4) is 0 Å². The van der Waals surface area contributed by atoms with Crippen molar-refractivity contribution in [1.82, 2.24) is 5.16 Å². The van der Waals surface area contributed by atoms with Gasteiger partial charge in [-0.1, -0.05) is 26.0 Å². The molecule has 1 aromatic heterocycles. The van der Waals surface area contributed by atoms with Crippen molar-refractivity contribution in [2.24, 2.45) is 0 Å². The van der Waals surface area contributed by atoms with Gasteiger partial charge in [0.25, 0.3) is 0 Å². The molecule has 1 aliphatic rings. The molecular weight excluding hydrogens is 256 g/mol. The quantitative estimate of drug-likeness (QED) is 0.693. The van der Waals surface area contributed by atoms with Crippen molar-refractivity contribution in [1.29, 1.82) is 0 Å². The minimum Gasteiger partial charge on any atom is -0.493 e. The molecule has 0 unspecified atom stereocenters. The van der Waals surface area contributed by atoms with Crippen LogP contribution in [0, 0.1) is 5.21 Å². The second-order valence-electron chi connectivity index (χ2n) is 5.81. The molecular formula is C15H18N2O3. The maximum Gasteiger partial charge on any atom is 0.233 e. The fourth-order valence-corrected chi connectivity index (χ4v) is 2.68. The van der Waals surface area contributed by atoms with Crippen LogP contribution in [0.25, 0.3) is 11.3 Å². The van der Waals surface area contributed by atoms with Crippen molar-refractivity contribution in [3.63, 3.8) is 0 Å². The molecule has 5 nitrogen and oxygen atoms in total. The van der Waals surface area contributed by atoms with Crippen molar-refractivity contribution in [2.45, 2.75) is 38.5 Å². The minimum atomic E-state index is -0.195. The molecule has 0 saturated carbocycles. The molecule has 0 spiro atoms. The molecule has 0 fully saturated rings. The Bertz CT molecular complexity index is 619. The van der Waals surface area contributed by atoms with Crippen molar-refractivity contribution < 1.29 is 14.3 Å². The van der Waals surface area contributed by atoms with Crippen molar-refractivity contribution in [3.05, 3.63) is 35.2 Å². The highest BCUT2D eigenvalue weighted by Gasteiger charge is 2.36. The summed E-state index contributed by atoms with van der Waals surface area (Å²) >= 11 is 0. The fraction of sp³-hybridized carbons (Fsp3) is 0.467. The predicted molar refractivity (Wildman–Crippen MR) is 73.3 cm³/mol. The summed E-state index contributed by atoms with van der Waals surface area (Å²) in [6.07, 6.45) is 2.96. The van der Waals surface area contributed by atoms with Gasteiger partial charge >= 0.3 is 0 Å². The van der Waals surface area contributed by atoms with Gasteiger partial charge in [-0.3, -0.25) is 4.63 Å². The molecule has 0 saturated heterocycles. The number of ether oxygens (including phenoxy) is 1. The number of fused-ring (bicyclic) bond motifs is 3. The first-order valence-corrected chi connectivity index (χ1v) is 6.92. The third-order valence-electron chi connectivity index (χ3n) is 3.85. The zero-order valence-corrected chi connectivity index (χ0v) is 11.8. The largest absolute Gasteiger partial charge is 0.493 e. The van der Waals surface area contributed by atoms with Gasteiger partial charge in [0.2, 0.25) is 11.4 Å². The van der Waals surface area contributed by atoms with E-state index in [-0.39, 0.29) is 5.41 Å².